The highest BCUT2D eigenvalue weighted by atomic mass is 16.2. The van der Waals surface area contributed by atoms with Crippen molar-refractivity contribution in [3.8, 4) is 0 Å². The number of carbonyl (C=O) groups is 2. The van der Waals surface area contributed by atoms with Gasteiger partial charge in [-0.15, -0.1) is 0 Å². The van der Waals surface area contributed by atoms with Crippen LogP contribution in [-0.2, 0) is 13.1 Å². The van der Waals surface area contributed by atoms with E-state index in [2.05, 4.69) is 44.9 Å². The van der Waals surface area contributed by atoms with Crippen molar-refractivity contribution in [2.75, 3.05) is 6.54 Å². The summed E-state index contributed by atoms with van der Waals surface area (Å²) in [6, 6.07) is 17.6. The van der Waals surface area contributed by atoms with E-state index in [-0.39, 0.29) is 18.0 Å². The zero-order chi connectivity index (χ0) is 20.6. The molecule has 29 heavy (non-hydrogen) atoms. The topological polar surface area (TPSA) is 75.2 Å². The number of hydrogen-bond acceptors (Lipinski definition) is 2. The Morgan fingerprint density at radius 3 is 2.48 bits per heavy atom. The number of aromatic nitrogens is 1. The van der Waals surface area contributed by atoms with Gasteiger partial charge in [-0.2, -0.15) is 0 Å². The average molecular weight is 393 g/mol. The van der Waals surface area contributed by atoms with Crippen LogP contribution in [0.25, 0.3) is 10.9 Å². The monoisotopic (exact) mass is 392 g/mol. The molecule has 0 saturated heterocycles. The highest BCUT2D eigenvalue weighted by Gasteiger charge is 2.06. The fourth-order valence-electron chi connectivity index (χ4n) is 3.16. The lowest BCUT2D eigenvalue weighted by molar-refractivity contribution is 0.0952. The van der Waals surface area contributed by atoms with E-state index in [1.807, 2.05) is 38.1 Å². The van der Waals surface area contributed by atoms with Crippen molar-refractivity contribution >= 4 is 22.8 Å². The summed E-state index contributed by atoms with van der Waals surface area (Å²) in [6.07, 6.45) is 2.94. The van der Waals surface area contributed by atoms with E-state index in [0.29, 0.717) is 18.7 Å². The lowest BCUT2D eigenvalue weighted by atomic mass is 10.1. The third-order valence-corrected chi connectivity index (χ3v) is 4.63. The number of amides is 3. The van der Waals surface area contributed by atoms with Gasteiger partial charge in [0.2, 0.25) is 0 Å². The molecule has 0 fully saturated rings. The lowest BCUT2D eigenvalue weighted by Crippen LogP contribution is -2.39. The van der Waals surface area contributed by atoms with Crippen LogP contribution in [0.4, 0.5) is 4.79 Å². The molecule has 0 bridgehead atoms. The van der Waals surface area contributed by atoms with Crippen molar-refractivity contribution in [1.82, 2.24) is 20.5 Å². The molecule has 2 aromatic carbocycles. The molecule has 1 aromatic heterocycles. The molecule has 3 rings (SSSR count). The molecule has 0 radical (unpaired) electrons. The number of benzene rings is 2. The first-order valence-corrected chi connectivity index (χ1v) is 9.98. The Morgan fingerprint density at radius 1 is 0.966 bits per heavy atom. The zero-order valence-electron chi connectivity index (χ0n) is 16.9. The van der Waals surface area contributed by atoms with Gasteiger partial charge in [0, 0.05) is 43.0 Å². The second-order valence-corrected chi connectivity index (χ2v) is 7.36. The van der Waals surface area contributed by atoms with E-state index in [1.165, 1.54) is 10.9 Å². The van der Waals surface area contributed by atoms with Crippen molar-refractivity contribution in [2.45, 2.75) is 39.4 Å². The van der Waals surface area contributed by atoms with Gasteiger partial charge in [-0.3, -0.25) is 4.79 Å². The summed E-state index contributed by atoms with van der Waals surface area (Å²) in [5.74, 6) is -0.0839. The van der Waals surface area contributed by atoms with Gasteiger partial charge in [-0.05, 0) is 55.5 Å². The van der Waals surface area contributed by atoms with Gasteiger partial charge in [-0.25, -0.2) is 4.79 Å². The molecule has 6 nitrogen and oxygen atoms in total. The van der Waals surface area contributed by atoms with Crippen LogP contribution in [0.5, 0.6) is 0 Å². The fourth-order valence-corrected chi connectivity index (χ4v) is 3.16. The van der Waals surface area contributed by atoms with Crippen LogP contribution in [0.15, 0.2) is 60.8 Å². The number of carbonyl (C=O) groups excluding carboxylic acids is 2. The van der Waals surface area contributed by atoms with Crippen LogP contribution >= 0.6 is 0 Å². The van der Waals surface area contributed by atoms with Gasteiger partial charge in [-0.1, -0.05) is 30.3 Å². The molecule has 3 amide bonds. The number of rotatable bonds is 8. The summed E-state index contributed by atoms with van der Waals surface area (Å²) in [4.78, 5) is 23.9. The minimum absolute atomic E-state index is 0.0839. The Bertz CT molecular complexity index is 960. The average Bonchev–Trinajstić information content (AvgIpc) is 3.12. The first-order chi connectivity index (χ1) is 14.0. The second kappa shape index (κ2) is 9.78. The van der Waals surface area contributed by atoms with Crippen LogP contribution in [-0.4, -0.2) is 29.1 Å². The van der Waals surface area contributed by atoms with Crippen LogP contribution in [0.3, 0.4) is 0 Å². The van der Waals surface area contributed by atoms with Crippen molar-refractivity contribution in [1.29, 1.82) is 0 Å². The Morgan fingerprint density at radius 2 is 1.72 bits per heavy atom. The molecule has 0 unspecified atom stereocenters. The third-order valence-electron chi connectivity index (χ3n) is 4.63. The van der Waals surface area contributed by atoms with E-state index in [9.17, 15) is 9.59 Å². The van der Waals surface area contributed by atoms with Crippen LogP contribution in [0.2, 0.25) is 0 Å². The molecule has 0 spiro atoms. The number of nitrogens with one attached hydrogen (secondary N) is 3. The van der Waals surface area contributed by atoms with E-state index >= 15 is 0 Å². The van der Waals surface area contributed by atoms with Crippen molar-refractivity contribution in [3.63, 3.8) is 0 Å². The number of fused-ring (bicyclic) bond motifs is 1. The number of hydrogen-bond donors (Lipinski definition) is 3. The lowest BCUT2D eigenvalue weighted by Gasteiger charge is -2.10. The molecule has 152 valence electrons. The Balaban J connectivity index is 1.42. The fraction of sp³-hybridized carbons (Fsp3) is 0.304. The van der Waals surface area contributed by atoms with Gasteiger partial charge in [0.25, 0.3) is 5.91 Å². The maximum atomic E-state index is 12.3. The van der Waals surface area contributed by atoms with E-state index in [1.54, 1.807) is 12.1 Å². The Hall–Kier alpha value is -3.28. The maximum absolute atomic E-state index is 12.3. The minimum Gasteiger partial charge on any atom is -0.352 e. The molecule has 0 aliphatic rings. The summed E-state index contributed by atoms with van der Waals surface area (Å²) in [5, 5.41) is 9.77. The molecular formula is C23H28N4O2. The van der Waals surface area contributed by atoms with Crippen LogP contribution < -0.4 is 16.0 Å². The van der Waals surface area contributed by atoms with Crippen molar-refractivity contribution < 1.29 is 9.59 Å². The van der Waals surface area contributed by atoms with E-state index < -0.39 is 0 Å². The number of urea groups is 1. The predicted molar refractivity (Wildman–Crippen MR) is 116 cm³/mol. The minimum atomic E-state index is -0.197. The van der Waals surface area contributed by atoms with Gasteiger partial charge in [0.05, 0.1) is 0 Å². The SMILES string of the molecule is CC(C)NC(=O)NCc1ccc(C(=O)NCCCn2ccc3ccccc32)cc1. The van der Waals surface area contributed by atoms with E-state index in [0.717, 1.165) is 18.5 Å². The number of aryl methyl sites for hydroxylation is 1. The third kappa shape index (κ3) is 5.85. The van der Waals surface area contributed by atoms with Crippen LogP contribution in [0, 0.1) is 0 Å². The molecule has 3 aromatic rings. The molecule has 0 aliphatic carbocycles. The smallest absolute Gasteiger partial charge is 0.315 e. The molecule has 0 atom stereocenters. The number of para-hydroxylation sites is 1. The zero-order valence-corrected chi connectivity index (χ0v) is 16.9. The number of nitrogens with zero attached hydrogens (tertiary/aromatic N) is 1. The Labute approximate surface area is 171 Å². The highest BCUT2D eigenvalue weighted by Crippen LogP contribution is 2.15. The second-order valence-electron chi connectivity index (χ2n) is 7.36. The summed E-state index contributed by atoms with van der Waals surface area (Å²) in [5.41, 5.74) is 2.77. The molecular weight excluding hydrogens is 364 g/mol. The van der Waals surface area contributed by atoms with Gasteiger partial charge >= 0.3 is 6.03 Å². The molecule has 3 N–H and O–H groups in total. The first-order valence-electron chi connectivity index (χ1n) is 9.98. The van der Waals surface area contributed by atoms with Gasteiger partial charge in [0.15, 0.2) is 0 Å². The summed E-state index contributed by atoms with van der Waals surface area (Å²) < 4.78 is 2.21. The Kier molecular flexibility index (Phi) is 6.89. The van der Waals surface area contributed by atoms with E-state index in [4.69, 9.17) is 0 Å². The maximum Gasteiger partial charge on any atom is 0.315 e. The predicted octanol–water partition coefficient (Wildman–Crippen LogP) is 3.67. The summed E-state index contributed by atoms with van der Waals surface area (Å²) >= 11 is 0. The summed E-state index contributed by atoms with van der Waals surface area (Å²) in [7, 11) is 0. The van der Waals surface area contributed by atoms with Gasteiger partial charge < -0.3 is 20.5 Å². The highest BCUT2D eigenvalue weighted by molar-refractivity contribution is 5.94. The largest absolute Gasteiger partial charge is 0.352 e. The van der Waals surface area contributed by atoms with Crippen LogP contribution in [0.1, 0.15) is 36.2 Å². The van der Waals surface area contributed by atoms with Crippen molar-refractivity contribution in [2.24, 2.45) is 0 Å². The molecule has 1 heterocycles. The molecule has 0 aliphatic heterocycles. The quantitative estimate of drug-likeness (QED) is 0.512. The van der Waals surface area contributed by atoms with Crippen molar-refractivity contribution in [3.05, 3.63) is 71.9 Å². The molecule has 0 saturated carbocycles. The normalized spacial score (nSPS) is 10.9. The molecule has 6 heteroatoms. The standard InChI is InChI=1S/C23H28N4O2/c1-17(2)26-23(29)25-16-18-8-10-20(11-9-18)22(28)24-13-5-14-27-15-12-19-6-3-4-7-21(19)27/h3-4,6-12,15,17H,5,13-14,16H2,1-2H3,(H,24,28)(H2,25,26,29). The first kappa shape index (κ1) is 20.5. The van der Waals surface area contributed by atoms with Gasteiger partial charge in [0.1, 0.15) is 0 Å². The summed E-state index contributed by atoms with van der Waals surface area (Å²) in [6.45, 7) is 5.72.